The van der Waals surface area contributed by atoms with Crippen LogP contribution >= 0.6 is 12.4 Å². The summed E-state index contributed by atoms with van der Waals surface area (Å²) in [7, 11) is 1.99. The number of amides is 1. The van der Waals surface area contributed by atoms with Crippen LogP contribution in [0.4, 0.5) is 0 Å². The molecule has 1 aliphatic carbocycles. The minimum absolute atomic E-state index is 0. The molecule has 1 N–H and O–H groups in total. The standard InChI is InChI=1S/C12H22N2O.ClH/c1-13-8-10-4-3-7-14(9-10)12(15)11-5-2-6-11;/h10-11,13H,2-9H2,1H3;1H. The third kappa shape index (κ3) is 3.11. The molecule has 94 valence electrons. The van der Waals surface area contributed by atoms with E-state index >= 15 is 0 Å². The van der Waals surface area contributed by atoms with E-state index in [-0.39, 0.29) is 12.4 Å². The van der Waals surface area contributed by atoms with Gasteiger partial charge in [0.2, 0.25) is 5.91 Å². The molecule has 2 rings (SSSR count). The molecule has 1 aliphatic heterocycles. The number of likely N-dealkylation sites (tertiary alicyclic amines) is 1. The van der Waals surface area contributed by atoms with Gasteiger partial charge in [0, 0.05) is 19.0 Å². The summed E-state index contributed by atoms with van der Waals surface area (Å²) in [5.74, 6) is 1.48. The third-order valence-electron chi connectivity index (χ3n) is 3.78. The summed E-state index contributed by atoms with van der Waals surface area (Å²) < 4.78 is 0. The van der Waals surface area contributed by atoms with Gasteiger partial charge in [-0.3, -0.25) is 4.79 Å². The number of piperidine rings is 1. The summed E-state index contributed by atoms with van der Waals surface area (Å²) in [4.78, 5) is 14.1. The quantitative estimate of drug-likeness (QED) is 0.822. The van der Waals surface area contributed by atoms with Gasteiger partial charge in [-0.05, 0) is 45.2 Å². The number of carbonyl (C=O) groups is 1. The number of rotatable bonds is 3. The van der Waals surface area contributed by atoms with E-state index in [2.05, 4.69) is 10.2 Å². The van der Waals surface area contributed by atoms with Crippen molar-refractivity contribution in [2.24, 2.45) is 11.8 Å². The van der Waals surface area contributed by atoms with Crippen LogP contribution in [0.15, 0.2) is 0 Å². The van der Waals surface area contributed by atoms with E-state index in [1.807, 2.05) is 7.05 Å². The van der Waals surface area contributed by atoms with Crippen LogP contribution < -0.4 is 5.32 Å². The summed E-state index contributed by atoms with van der Waals surface area (Å²) in [6.07, 6.45) is 5.97. The Morgan fingerprint density at radius 1 is 1.31 bits per heavy atom. The number of carbonyl (C=O) groups excluding carboxylic acids is 1. The summed E-state index contributed by atoms with van der Waals surface area (Å²) in [5.41, 5.74) is 0. The van der Waals surface area contributed by atoms with Crippen LogP contribution in [0, 0.1) is 11.8 Å². The second kappa shape index (κ2) is 6.45. The van der Waals surface area contributed by atoms with Crippen LogP contribution in [-0.2, 0) is 4.79 Å². The maximum atomic E-state index is 12.0. The van der Waals surface area contributed by atoms with Crippen LogP contribution in [0.1, 0.15) is 32.1 Å². The molecule has 0 aromatic rings. The Morgan fingerprint density at radius 3 is 2.62 bits per heavy atom. The topological polar surface area (TPSA) is 32.3 Å². The first-order valence-corrected chi connectivity index (χ1v) is 6.24. The first-order chi connectivity index (χ1) is 7.31. The van der Waals surface area contributed by atoms with Gasteiger partial charge in [-0.25, -0.2) is 0 Å². The van der Waals surface area contributed by atoms with Gasteiger partial charge in [-0.15, -0.1) is 12.4 Å². The van der Waals surface area contributed by atoms with Gasteiger partial charge in [-0.2, -0.15) is 0 Å². The van der Waals surface area contributed by atoms with E-state index in [0.717, 1.165) is 32.5 Å². The molecular weight excluding hydrogens is 224 g/mol. The number of nitrogens with zero attached hydrogens (tertiary/aromatic N) is 1. The smallest absolute Gasteiger partial charge is 0.225 e. The molecule has 0 spiro atoms. The molecule has 1 saturated heterocycles. The second-order valence-electron chi connectivity index (χ2n) is 4.98. The number of hydrogen-bond donors (Lipinski definition) is 1. The summed E-state index contributed by atoms with van der Waals surface area (Å²) >= 11 is 0. The molecule has 1 atom stereocenters. The van der Waals surface area contributed by atoms with Gasteiger partial charge in [-0.1, -0.05) is 6.42 Å². The van der Waals surface area contributed by atoms with E-state index in [1.54, 1.807) is 0 Å². The van der Waals surface area contributed by atoms with Gasteiger partial charge in [0.05, 0.1) is 0 Å². The van der Waals surface area contributed by atoms with Crippen LogP contribution in [0.5, 0.6) is 0 Å². The average molecular weight is 247 g/mol. The predicted molar refractivity (Wildman–Crippen MR) is 67.8 cm³/mol. The number of hydrogen-bond acceptors (Lipinski definition) is 2. The van der Waals surface area contributed by atoms with E-state index in [4.69, 9.17) is 0 Å². The Balaban J connectivity index is 0.00000128. The summed E-state index contributed by atoms with van der Waals surface area (Å²) in [6.45, 7) is 3.03. The lowest BCUT2D eigenvalue weighted by Crippen LogP contribution is -2.46. The van der Waals surface area contributed by atoms with Crippen LogP contribution in [0.3, 0.4) is 0 Å². The Labute approximate surface area is 104 Å². The molecule has 0 bridgehead atoms. The normalized spacial score (nSPS) is 25.8. The van der Waals surface area contributed by atoms with Gasteiger partial charge in [0.25, 0.3) is 0 Å². The van der Waals surface area contributed by atoms with Crippen LogP contribution in [-0.4, -0.2) is 37.5 Å². The second-order valence-corrected chi connectivity index (χ2v) is 4.98. The molecule has 1 unspecified atom stereocenters. The molecule has 3 nitrogen and oxygen atoms in total. The van der Waals surface area contributed by atoms with Crippen molar-refractivity contribution in [2.45, 2.75) is 32.1 Å². The highest BCUT2D eigenvalue weighted by molar-refractivity contribution is 5.85. The van der Waals surface area contributed by atoms with Crippen molar-refractivity contribution in [2.75, 3.05) is 26.7 Å². The first-order valence-electron chi connectivity index (χ1n) is 6.24. The maximum absolute atomic E-state index is 12.0. The van der Waals surface area contributed by atoms with Crippen molar-refractivity contribution >= 4 is 18.3 Å². The summed E-state index contributed by atoms with van der Waals surface area (Å²) in [6, 6.07) is 0. The van der Waals surface area contributed by atoms with Crippen LogP contribution in [0.2, 0.25) is 0 Å². The fourth-order valence-corrected chi connectivity index (χ4v) is 2.63. The van der Waals surface area contributed by atoms with Gasteiger partial charge in [0.15, 0.2) is 0 Å². The zero-order valence-corrected chi connectivity index (χ0v) is 10.9. The lowest BCUT2D eigenvalue weighted by atomic mass is 9.83. The van der Waals surface area contributed by atoms with Gasteiger partial charge < -0.3 is 10.2 Å². The van der Waals surface area contributed by atoms with E-state index < -0.39 is 0 Å². The zero-order chi connectivity index (χ0) is 10.7. The predicted octanol–water partition coefficient (Wildman–Crippen LogP) is 1.67. The minimum Gasteiger partial charge on any atom is -0.342 e. The molecule has 16 heavy (non-hydrogen) atoms. The molecule has 1 amide bonds. The number of nitrogens with one attached hydrogen (secondary N) is 1. The lowest BCUT2D eigenvalue weighted by molar-refractivity contribution is -0.140. The van der Waals surface area contributed by atoms with Crippen molar-refractivity contribution in [3.8, 4) is 0 Å². The van der Waals surface area contributed by atoms with Crippen molar-refractivity contribution in [1.29, 1.82) is 0 Å². The van der Waals surface area contributed by atoms with E-state index in [0.29, 0.717) is 17.7 Å². The molecule has 0 aromatic carbocycles. The fourth-order valence-electron chi connectivity index (χ4n) is 2.63. The molecule has 0 aromatic heterocycles. The Hall–Kier alpha value is -0.280. The minimum atomic E-state index is 0. The Morgan fingerprint density at radius 2 is 2.06 bits per heavy atom. The van der Waals surface area contributed by atoms with Crippen molar-refractivity contribution in [1.82, 2.24) is 10.2 Å². The monoisotopic (exact) mass is 246 g/mol. The Kier molecular flexibility index (Phi) is 5.56. The number of halogens is 1. The molecule has 1 saturated carbocycles. The van der Waals surface area contributed by atoms with E-state index in [1.165, 1.54) is 19.3 Å². The van der Waals surface area contributed by atoms with Crippen molar-refractivity contribution in [3.63, 3.8) is 0 Å². The Bertz CT molecular complexity index is 229. The average Bonchev–Trinajstić information content (AvgIpc) is 2.16. The lowest BCUT2D eigenvalue weighted by Gasteiger charge is -2.37. The highest BCUT2D eigenvalue weighted by Crippen LogP contribution is 2.29. The molecule has 1 heterocycles. The summed E-state index contributed by atoms with van der Waals surface area (Å²) in [5, 5.41) is 3.22. The maximum Gasteiger partial charge on any atom is 0.225 e. The van der Waals surface area contributed by atoms with Gasteiger partial charge in [0.1, 0.15) is 0 Å². The van der Waals surface area contributed by atoms with Crippen molar-refractivity contribution in [3.05, 3.63) is 0 Å². The first kappa shape index (κ1) is 13.8. The zero-order valence-electron chi connectivity index (χ0n) is 10.1. The molecule has 0 radical (unpaired) electrons. The van der Waals surface area contributed by atoms with Gasteiger partial charge >= 0.3 is 0 Å². The van der Waals surface area contributed by atoms with E-state index in [9.17, 15) is 4.79 Å². The largest absolute Gasteiger partial charge is 0.342 e. The molecule has 2 fully saturated rings. The SMILES string of the molecule is CNCC1CCCN(C(=O)C2CCC2)C1.Cl. The van der Waals surface area contributed by atoms with Crippen molar-refractivity contribution < 1.29 is 4.79 Å². The molecular formula is C12H23ClN2O. The highest BCUT2D eigenvalue weighted by atomic mass is 35.5. The molecule has 2 aliphatic rings. The van der Waals surface area contributed by atoms with Crippen LogP contribution in [0.25, 0.3) is 0 Å². The highest BCUT2D eigenvalue weighted by Gasteiger charge is 2.31. The fraction of sp³-hybridized carbons (Fsp3) is 0.917. The third-order valence-corrected chi connectivity index (χ3v) is 3.78. The molecule has 4 heteroatoms.